The van der Waals surface area contributed by atoms with Crippen molar-refractivity contribution in [2.45, 2.75) is 32.7 Å². The zero-order valence-electron chi connectivity index (χ0n) is 13.2. The number of carbonyl (C=O) groups excluding carboxylic acids is 1. The molecule has 1 aliphatic rings. The predicted octanol–water partition coefficient (Wildman–Crippen LogP) is 2.19. The van der Waals surface area contributed by atoms with Gasteiger partial charge in [0.15, 0.2) is 0 Å². The Labute approximate surface area is 127 Å². The van der Waals surface area contributed by atoms with Crippen LogP contribution in [0.3, 0.4) is 0 Å². The smallest absolute Gasteiger partial charge is 0.229 e. The summed E-state index contributed by atoms with van der Waals surface area (Å²) in [6.45, 7) is 6.33. The van der Waals surface area contributed by atoms with E-state index in [4.69, 9.17) is 4.74 Å². The Bertz CT molecular complexity index is 476. The summed E-state index contributed by atoms with van der Waals surface area (Å²) in [5, 5.41) is 6.48. The van der Waals surface area contributed by atoms with Gasteiger partial charge >= 0.3 is 0 Å². The van der Waals surface area contributed by atoms with Crippen LogP contribution in [-0.4, -0.2) is 32.7 Å². The average Bonchev–Trinajstić information content (AvgIpc) is 2.48. The molecule has 0 saturated carbocycles. The van der Waals surface area contributed by atoms with Gasteiger partial charge in [-0.05, 0) is 45.3 Å². The van der Waals surface area contributed by atoms with Crippen molar-refractivity contribution in [3.05, 3.63) is 35.4 Å². The van der Waals surface area contributed by atoms with E-state index in [2.05, 4.69) is 35.8 Å². The van der Waals surface area contributed by atoms with Gasteiger partial charge in [-0.15, -0.1) is 0 Å². The summed E-state index contributed by atoms with van der Waals surface area (Å²) in [4.78, 5) is 12.8. The largest absolute Gasteiger partial charge is 0.384 e. The molecule has 1 amide bonds. The fraction of sp³-hybridized carbons (Fsp3) is 0.588. The quantitative estimate of drug-likeness (QED) is 0.874. The average molecular weight is 290 g/mol. The van der Waals surface area contributed by atoms with Gasteiger partial charge in [0, 0.05) is 7.11 Å². The molecule has 0 aromatic heterocycles. The third-order valence-electron chi connectivity index (χ3n) is 4.35. The minimum atomic E-state index is -0.391. The van der Waals surface area contributed by atoms with Gasteiger partial charge in [-0.2, -0.15) is 0 Å². The molecule has 21 heavy (non-hydrogen) atoms. The van der Waals surface area contributed by atoms with Crippen LogP contribution in [0, 0.1) is 12.3 Å². The van der Waals surface area contributed by atoms with Crippen molar-refractivity contribution in [2.24, 2.45) is 5.41 Å². The van der Waals surface area contributed by atoms with E-state index in [1.54, 1.807) is 7.11 Å². The van der Waals surface area contributed by atoms with Gasteiger partial charge in [0.25, 0.3) is 0 Å². The maximum atomic E-state index is 12.8. The third kappa shape index (κ3) is 3.83. The van der Waals surface area contributed by atoms with Crippen molar-refractivity contribution in [3.8, 4) is 0 Å². The molecule has 116 valence electrons. The van der Waals surface area contributed by atoms with Gasteiger partial charge in [-0.1, -0.05) is 29.8 Å². The lowest BCUT2D eigenvalue weighted by Gasteiger charge is -2.36. The number of hydrogen-bond acceptors (Lipinski definition) is 3. The molecule has 0 unspecified atom stereocenters. The lowest BCUT2D eigenvalue weighted by molar-refractivity contribution is -0.136. The fourth-order valence-corrected chi connectivity index (χ4v) is 2.99. The maximum Gasteiger partial charge on any atom is 0.229 e. The molecule has 2 rings (SSSR count). The van der Waals surface area contributed by atoms with Crippen LogP contribution < -0.4 is 10.6 Å². The van der Waals surface area contributed by atoms with Crippen LogP contribution in [0.5, 0.6) is 0 Å². The number of aryl methyl sites for hydroxylation is 1. The first-order valence-electron chi connectivity index (χ1n) is 7.64. The summed E-state index contributed by atoms with van der Waals surface area (Å²) in [5.41, 5.74) is 1.96. The number of carbonyl (C=O) groups is 1. The van der Waals surface area contributed by atoms with Crippen molar-refractivity contribution in [3.63, 3.8) is 0 Å². The van der Waals surface area contributed by atoms with Gasteiger partial charge in [0.1, 0.15) is 0 Å². The van der Waals surface area contributed by atoms with Gasteiger partial charge in [0.2, 0.25) is 5.91 Å². The Morgan fingerprint density at radius 2 is 2.14 bits per heavy atom. The fourth-order valence-electron chi connectivity index (χ4n) is 2.99. The summed E-state index contributed by atoms with van der Waals surface area (Å²) >= 11 is 0. The molecular formula is C17H26N2O2. The molecule has 0 bridgehead atoms. The van der Waals surface area contributed by atoms with Crippen LogP contribution in [0.1, 0.15) is 36.9 Å². The topological polar surface area (TPSA) is 50.4 Å². The van der Waals surface area contributed by atoms with Crippen molar-refractivity contribution in [1.82, 2.24) is 10.6 Å². The molecule has 2 N–H and O–H groups in total. The minimum Gasteiger partial charge on any atom is -0.384 e. The summed E-state index contributed by atoms with van der Waals surface area (Å²) in [7, 11) is 1.67. The summed E-state index contributed by atoms with van der Waals surface area (Å²) < 4.78 is 5.32. The number of piperidine rings is 1. The maximum absolute atomic E-state index is 12.8. The van der Waals surface area contributed by atoms with E-state index >= 15 is 0 Å². The van der Waals surface area contributed by atoms with E-state index in [-0.39, 0.29) is 11.9 Å². The first-order valence-corrected chi connectivity index (χ1v) is 7.64. The molecule has 1 aliphatic heterocycles. The summed E-state index contributed by atoms with van der Waals surface area (Å²) in [5.74, 6) is 0.111. The Morgan fingerprint density at radius 1 is 1.43 bits per heavy atom. The highest BCUT2D eigenvalue weighted by atomic mass is 16.5. The molecule has 1 fully saturated rings. The van der Waals surface area contributed by atoms with E-state index in [9.17, 15) is 4.79 Å². The molecule has 1 atom stereocenters. The van der Waals surface area contributed by atoms with E-state index in [1.165, 1.54) is 5.56 Å². The standard InChI is InChI=1S/C17H26N2O2/c1-13-5-4-6-15(11-13)14(2)19-16(20)17(12-21-3)7-9-18-10-8-17/h4-6,11,14,18H,7-10,12H2,1-3H3,(H,19,20)/t14-/m0/s1. The first kappa shape index (κ1) is 16.0. The van der Waals surface area contributed by atoms with E-state index in [1.807, 2.05) is 13.0 Å². The Hall–Kier alpha value is -1.39. The Balaban J connectivity index is 2.07. The third-order valence-corrected chi connectivity index (χ3v) is 4.35. The van der Waals surface area contributed by atoms with Gasteiger partial charge in [-0.25, -0.2) is 0 Å². The minimum absolute atomic E-state index is 0.0148. The monoisotopic (exact) mass is 290 g/mol. The van der Waals surface area contributed by atoms with Crippen LogP contribution in [0.4, 0.5) is 0 Å². The van der Waals surface area contributed by atoms with Crippen LogP contribution in [0.2, 0.25) is 0 Å². The number of benzene rings is 1. The van der Waals surface area contributed by atoms with Crippen LogP contribution in [0.15, 0.2) is 24.3 Å². The van der Waals surface area contributed by atoms with Gasteiger partial charge < -0.3 is 15.4 Å². The Kier molecular flexibility index (Phi) is 5.37. The number of methoxy groups -OCH3 is 1. The van der Waals surface area contributed by atoms with Crippen molar-refractivity contribution >= 4 is 5.91 Å². The molecule has 0 radical (unpaired) electrons. The molecule has 1 aromatic carbocycles. The van der Waals surface area contributed by atoms with E-state index in [0.29, 0.717) is 6.61 Å². The predicted molar refractivity (Wildman–Crippen MR) is 84.1 cm³/mol. The summed E-state index contributed by atoms with van der Waals surface area (Å²) in [6.07, 6.45) is 1.65. The highest BCUT2D eigenvalue weighted by Crippen LogP contribution is 2.30. The SMILES string of the molecule is COCC1(C(=O)N[C@@H](C)c2cccc(C)c2)CCNCC1. The first-order chi connectivity index (χ1) is 10.1. The summed E-state index contributed by atoms with van der Waals surface area (Å²) in [6, 6.07) is 8.29. The molecular weight excluding hydrogens is 264 g/mol. The molecule has 1 saturated heterocycles. The molecule has 0 aliphatic carbocycles. The van der Waals surface area contributed by atoms with Gasteiger partial charge in [0.05, 0.1) is 18.1 Å². The second kappa shape index (κ2) is 7.05. The lowest BCUT2D eigenvalue weighted by atomic mass is 9.78. The van der Waals surface area contributed by atoms with Crippen LogP contribution >= 0.6 is 0 Å². The second-order valence-corrected chi connectivity index (χ2v) is 6.07. The number of ether oxygens (including phenoxy) is 1. The highest BCUT2D eigenvalue weighted by Gasteiger charge is 2.40. The molecule has 4 nitrogen and oxygen atoms in total. The highest BCUT2D eigenvalue weighted by molar-refractivity contribution is 5.83. The normalized spacial score (nSPS) is 19.0. The Morgan fingerprint density at radius 3 is 2.76 bits per heavy atom. The van der Waals surface area contributed by atoms with E-state index in [0.717, 1.165) is 31.5 Å². The van der Waals surface area contributed by atoms with Gasteiger partial charge in [-0.3, -0.25) is 4.79 Å². The number of rotatable bonds is 5. The van der Waals surface area contributed by atoms with Crippen LogP contribution in [-0.2, 0) is 9.53 Å². The number of nitrogens with one attached hydrogen (secondary N) is 2. The van der Waals surface area contributed by atoms with Crippen LogP contribution in [0.25, 0.3) is 0 Å². The second-order valence-electron chi connectivity index (χ2n) is 6.07. The van der Waals surface area contributed by atoms with Crippen molar-refractivity contribution in [1.29, 1.82) is 0 Å². The van der Waals surface area contributed by atoms with Crippen molar-refractivity contribution < 1.29 is 9.53 Å². The van der Waals surface area contributed by atoms with E-state index < -0.39 is 5.41 Å². The molecule has 4 heteroatoms. The lowest BCUT2D eigenvalue weighted by Crippen LogP contribution is -2.50. The number of hydrogen-bond donors (Lipinski definition) is 2. The zero-order chi connectivity index (χ0) is 15.3. The molecule has 0 spiro atoms. The molecule has 1 aromatic rings. The number of amides is 1. The molecule has 1 heterocycles. The zero-order valence-corrected chi connectivity index (χ0v) is 13.2. The van der Waals surface area contributed by atoms with Crippen molar-refractivity contribution in [2.75, 3.05) is 26.8 Å².